The maximum atomic E-state index is 12.5. The number of carbonyl (C=O) groups is 1. The van der Waals surface area contributed by atoms with E-state index in [1.54, 1.807) is 11.0 Å². The number of halogens is 3. The van der Waals surface area contributed by atoms with Gasteiger partial charge < -0.3 is 21.1 Å². The van der Waals surface area contributed by atoms with Gasteiger partial charge in [-0.1, -0.05) is 12.1 Å². The Balaban J connectivity index is 0.00000420. The van der Waals surface area contributed by atoms with Gasteiger partial charge in [-0.3, -0.25) is 9.69 Å². The zero-order valence-corrected chi connectivity index (χ0v) is 18.9. The van der Waals surface area contributed by atoms with Crippen molar-refractivity contribution >= 4 is 35.8 Å². The summed E-state index contributed by atoms with van der Waals surface area (Å²) in [6.45, 7) is 4.13. The fraction of sp³-hybridized carbons (Fsp3) is 0.579. The molecular formula is C19H30F2IN5O2. The molecule has 0 unspecified atom stereocenters. The molecule has 0 radical (unpaired) electrons. The van der Waals surface area contributed by atoms with E-state index in [2.05, 4.69) is 15.6 Å². The fourth-order valence-corrected chi connectivity index (χ4v) is 3.03. The number of nitrogens with two attached hydrogens (primary N) is 1. The number of benzene rings is 1. The minimum absolute atomic E-state index is 0. The molecule has 29 heavy (non-hydrogen) atoms. The summed E-state index contributed by atoms with van der Waals surface area (Å²) in [5.41, 5.74) is 6.02. The number of nitrogens with one attached hydrogen (secondary N) is 2. The number of likely N-dealkylation sites (tertiary alicyclic amines) is 1. The van der Waals surface area contributed by atoms with Crippen LogP contribution in [0.25, 0.3) is 0 Å². The summed E-state index contributed by atoms with van der Waals surface area (Å²) in [7, 11) is 0. The van der Waals surface area contributed by atoms with E-state index in [-0.39, 0.29) is 43.2 Å². The van der Waals surface area contributed by atoms with Gasteiger partial charge in [0.15, 0.2) is 12.6 Å². The van der Waals surface area contributed by atoms with Crippen LogP contribution < -0.4 is 21.1 Å². The third-order valence-corrected chi connectivity index (χ3v) is 4.37. The van der Waals surface area contributed by atoms with Crippen molar-refractivity contribution in [2.24, 2.45) is 10.7 Å². The lowest BCUT2D eigenvalue weighted by atomic mass is 10.1. The van der Waals surface area contributed by atoms with Gasteiger partial charge in [-0.25, -0.2) is 13.8 Å². The number of hydrogen-bond acceptors (Lipinski definition) is 4. The van der Waals surface area contributed by atoms with Crippen LogP contribution in [-0.4, -0.2) is 62.0 Å². The number of aliphatic imine (C=N–C) groups is 1. The van der Waals surface area contributed by atoms with Crippen LogP contribution in [0.2, 0.25) is 0 Å². The van der Waals surface area contributed by atoms with Crippen molar-refractivity contribution in [1.29, 1.82) is 0 Å². The van der Waals surface area contributed by atoms with Crippen molar-refractivity contribution in [3.63, 3.8) is 0 Å². The van der Waals surface area contributed by atoms with E-state index >= 15 is 0 Å². The molecule has 164 valence electrons. The molecule has 1 aromatic carbocycles. The van der Waals surface area contributed by atoms with Crippen molar-refractivity contribution in [2.45, 2.75) is 38.8 Å². The smallest absolute Gasteiger partial charge is 0.255 e. The lowest BCUT2D eigenvalue weighted by Gasteiger charge is -2.32. The summed E-state index contributed by atoms with van der Waals surface area (Å²) in [5.74, 6) is 0.732. The summed E-state index contributed by atoms with van der Waals surface area (Å²) >= 11 is 0. The molecule has 0 bridgehead atoms. The molecule has 0 saturated carbocycles. The van der Waals surface area contributed by atoms with E-state index < -0.39 is 12.3 Å². The number of alkyl halides is 2. The highest BCUT2D eigenvalue weighted by atomic mass is 127. The van der Waals surface area contributed by atoms with Gasteiger partial charge in [-0.2, -0.15) is 0 Å². The van der Waals surface area contributed by atoms with E-state index in [0.29, 0.717) is 31.3 Å². The van der Waals surface area contributed by atoms with Crippen molar-refractivity contribution in [3.8, 4) is 5.75 Å². The molecular weight excluding hydrogens is 495 g/mol. The number of primary amides is 1. The Morgan fingerprint density at radius 2 is 2.10 bits per heavy atom. The van der Waals surface area contributed by atoms with Crippen LogP contribution in [0.5, 0.6) is 5.75 Å². The highest BCUT2D eigenvalue weighted by Crippen LogP contribution is 2.15. The van der Waals surface area contributed by atoms with Gasteiger partial charge in [0.25, 0.3) is 12.3 Å². The summed E-state index contributed by atoms with van der Waals surface area (Å²) in [6, 6.07) is 7.54. The quantitative estimate of drug-likeness (QED) is 0.261. The first kappa shape index (κ1) is 25.3. The predicted octanol–water partition coefficient (Wildman–Crippen LogP) is 1.95. The van der Waals surface area contributed by atoms with Crippen LogP contribution in [-0.2, 0) is 11.3 Å². The minimum Gasteiger partial charge on any atom is -0.484 e. The summed E-state index contributed by atoms with van der Waals surface area (Å²) in [4.78, 5) is 17.2. The Hall–Kier alpha value is -1.69. The maximum Gasteiger partial charge on any atom is 0.255 e. The lowest BCUT2D eigenvalue weighted by molar-refractivity contribution is -0.119. The first-order valence-electron chi connectivity index (χ1n) is 9.51. The molecule has 1 fully saturated rings. The van der Waals surface area contributed by atoms with Crippen LogP contribution in [0.3, 0.4) is 0 Å². The SMILES string of the molecule is CCNC(=NCc1cccc(OCC(N)=O)c1)NC1CCN(CC(F)F)CC1.I. The number of hydrogen-bond donors (Lipinski definition) is 3. The molecule has 0 aliphatic carbocycles. The van der Waals surface area contributed by atoms with Crippen LogP contribution in [0.15, 0.2) is 29.3 Å². The highest BCUT2D eigenvalue weighted by molar-refractivity contribution is 14.0. The molecule has 1 aliphatic rings. The van der Waals surface area contributed by atoms with Gasteiger partial charge >= 0.3 is 0 Å². The fourth-order valence-electron chi connectivity index (χ4n) is 3.03. The zero-order valence-electron chi connectivity index (χ0n) is 16.6. The first-order valence-corrected chi connectivity index (χ1v) is 9.51. The second kappa shape index (κ2) is 13.5. The molecule has 2 rings (SSSR count). The van der Waals surface area contributed by atoms with Crippen molar-refractivity contribution in [1.82, 2.24) is 15.5 Å². The van der Waals surface area contributed by atoms with Gasteiger partial charge in [0.05, 0.1) is 13.1 Å². The number of piperidine rings is 1. The third-order valence-electron chi connectivity index (χ3n) is 4.37. The van der Waals surface area contributed by atoms with Gasteiger partial charge in [0.1, 0.15) is 5.75 Å². The highest BCUT2D eigenvalue weighted by Gasteiger charge is 2.21. The second-order valence-corrected chi connectivity index (χ2v) is 6.71. The number of carbonyl (C=O) groups excluding carboxylic acids is 1. The van der Waals surface area contributed by atoms with Crippen molar-refractivity contribution < 1.29 is 18.3 Å². The van der Waals surface area contributed by atoms with Gasteiger partial charge in [-0.05, 0) is 37.5 Å². The van der Waals surface area contributed by atoms with Crippen LogP contribution in [0.1, 0.15) is 25.3 Å². The van der Waals surface area contributed by atoms with E-state index in [1.165, 1.54) is 0 Å². The van der Waals surface area contributed by atoms with Crippen molar-refractivity contribution in [2.75, 3.05) is 32.8 Å². The average molecular weight is 525 g/mol. The van der Waals surface area contributed by atoms with E-state index in [9.17, 15) is 13.6 Å². The normalized spacial score (nSPS) is 15.7. The summed E-state index contributed by atoms with van der Waals surface area (Å²) in [5, 5.41) is 6.60. The number of amides is 1. The molecule has 1 heterocycles. The Kier molecular flexibility index (Phi) is 11.8. The number of rotatable bonds is 9. The van der Waals surface area contributed by atoms with Gasteiger partial charge in [0.2, 0.25) is 0 Å². The van der Waals surface area contributed by atoms with E-state index in [1.807, 2.05) is 25.1 Å². The Bertz CT molecular complexity index is 655. The molecule has 1 aliphatic heterocycles. The molecule has 1 saturated heterocycles. The number of ether oxygens (including phenoxy) is 1. The molecule has 10 heteroatoms. The standard InChI is InChI=1S/C19H29F2N5O2.HI/c1-2-23-19(25-15-6-8-26(9-7-15)12-17(20)21)24-11-14-4-3-5-16(10-14)28-13-18(22)27;/h3-5,10,15,17H,2,6-9,11-13H2,1H3,(H2,22,27)(H2,23,24,25);1H. The molecule has 4 N–H and O–H groups in total. The monoisotopic (exact) mass is 525 g/mol. The minimum atomic E-state index is -2.29. The summed E-state index contributed by atoms with van der Waals surface area (Å²) < 4.78 is 30.3. The molecule has 1 aromatic rings. The Labute approximate surface area is 187 Å². The molecule has 0 atom stereocenters. The van der Waals surface area contributed by atoms with Crippen LogP contribution >= 0.6 is 24.0 Å². The molecule has 1 amide bonds. The zero-order chi connectivity index (χ0) is 20.4. The van der Waals surface area contributed by atoms with Gasteiger partial charge in [0, 0.05) is 25.7 Å². The molecule has 7 nitrogen and oxygen atoms in total. The number of nitrogens with zero attached hydrogens (tertiary/aromatic N) is 2. The number of guanidine groups is 1. The van der Waals surface area contributed by atoms with Gasteiger partial charge in [-0.15, -0.1) is 24.0 Å². The predicted molar refractivity (Wildman–Crippen MR) is 120 cm³/mol. The van der Waals surface area contributed by atoms with Crippen LogP contribution in [0, 0.1) is 0 Å². The van der Waals surface area contributed by atoms with Crippen LogP contribution in [0.4, 0.5) is 8.78 Å². The maximum absolute atomic E-state index is 12.5. The average Bonchev–Trinajstić information content (AvgIpc) is 2.66. The Morgan fingerprint density at radius 1 is 1.38 bits per heavy atom. The second-order valence-electron chi connectivity index (χ2n) is 6.71. The first-order chi connectivity index (χ1) is 13.5. The molecule has 0 spiro atoms. The van der Waals surface area contributed by atoms with E-state index in [4.69, 9.17) is 10.5 Å². The Morgan fingerprint density at radius 3 is 2.72 bits per heavy atom. The largest absolute Gasteiger partial charge is 0.484 e. The summed E-state index contributed by atoms with van der Waals surface area (Å²) in [6.07, 6.45) is -0.688. The topological polar surface area (TPSA) is 92.0 Å². The van der Waals surface area contributed by atoms with Crippen molar-refractivity contribution in [3.05, 3.63) is 29.8 Å². The van der Waals surface area contributed by atoms with E-state index in [0.717, 1.165) is 24.9 Å². The third kappa shape index (κ3) is 10.1. The molecule has 0 aromatic heterocycles. The lowest BCUT2D eigenvalue weighted by Crippen LogP contribution is -2.49.